The molecule has 0 N–H and O–H groups in total. The van der Waals surface area contributed by atoms with Crippen LogP contribution in [0.5, 0.6) is 5.75 Å². The maximum absolute atomic E-state index is 12.6. The molecule has 5 nitrogen and oxygen atoms in total. The Morgan fingerprint density at radius 2 is 2.09 bits per heavy atom. The van der Waals surface area contributed by atoms with Crippen LogP contribution in [0.3, 0.4) is 0 Å². The summed E-state index contributed by atoms with van der Waals surface area (Å²) in [6, 6.07) is 7.31. The van der Waals surface area contributed by atoms with Crippen LogP contribution < -0.4 is 4.74 Å². The Hall–Kier alpha value is -2.43. The van der Waals surface area contributed by atoms with Gasteiger partial charge in [-0.25, -0.2) is 0 Å². The minimum absolute atomic E-state index is 0.0251. The highest BCUT2D eigenvalue weighted by atomic mass is 16.5. The highest BCUT2D eigenvalue weighted by Crippen LogP contribution is 2.19. The molecule has 0 saturated carbocycles. The molecule has 0 aliphatic carbocycles. The maximum atomic E-state index is 12.6. The van der Waals surface area contributed by atoms with E-state index < -0.39 is 0 Å². The van der Waals surface area contributed by atoms with E-state index in [2.05, 4.69) is 9.97 Å². The molecule has 2 aromatic rings. The minimum Gasteiger partial charge on any atom is -0.488 e. The first-order valence-corrected chi connectivity index (χ1v) is 7.51. The van der Waals surface area contributed by atoms with E-state index in [9.17, 15) is 4.79 Å². The molecule has 2 aromatic heterocycles. The first kappa shape index (κ1) is 14.5. The van der Waals surface area contributed by atoms with Crippen molar-refractivity contribution in [2.75, 3.05) is 13.1 Å². The van der Waals surface area contributed by atoms with Gasteiger partial charge in [0.15, 0.2) is 0 Å². The third-order valence-corrected chi connectivity index (χ3v) is 3.86. The number of carbonyl (C=O) groups is 1. The normalized spacial score (nSPS) is 18.0. The first-order chi connectivity index (χ1) is 10.7. The molecule has 0 aromatic carbocycles. The van der Waals surface area contributed by atoms with Crippen LogP contribution in [0.4, 0.5) is 0 Å². The summed E-state index contributed by atoms with van der Waals surface area (Å²) in [5.74, 6) is 0.834. The number of nitrogens with zero attached hydrogens (tertiary/aromatic N) is 3. The Kier molecular flexibility index (Phi) is 4.32. The zero-order valence-corrected chi connectivity index (χ0v) is 12.6. The number of piperidine rings is 1. The molecular formula is C17H19N3O2. The highest BCUT2D eigenvalue weighted by Gasteiger charge is 2.26. The van der Waals surface area contributed by atoms with Gasteiger partial charge < -0.3 is 9.64 Å². The smallest absolute Gasteiger partial charge is 0.255 e. The number of amides is 1. The first-order valence-electron chi connectivity index (χ1n) is 7.51. The Morgan fingerprint density at radius 1 is 1.27 bits per heavy atom. The lowest BCUT2D eigenvalue weighted by molar-refractivity contribution is 0.0536. The number of hydrogen-bond donors (Lipinski definition) is 0. The molecule has 3 rings (SSSR count). The van der Waals surface area contributed by atoms with Crippen molar-refractivity contribution in [3.63, 3.8) is 0 Å². The average molecular weight is 297 g/mol. The van der Waals surface area contributed by atoms with Crippen molar-refractivity contribution in [2.45, 2.75) is 25.9 Å². The maximum Gasteiger partial charge on any atom is 0.255 e. The van der Waals surface area contributed by atoms with Crippen LogP contribution in [0.15, 0.2) is 42.9 Å². The monoisotopic (exact) mass is 297 g/mol. The molecular weight excluding hydrogens is 278 g/mol. The van der Waals surface area contributed by atoms with Gasteiger partial charge in [0.2, 0.25) is 0 Å². The second kappa shape index (κ2) is 6.56. The van der Waals surface area contributed by atoms with Crippen LogP contribution in [0.25, 0.3) is 0 Å². The van der Waals surface area contributed by atoms with E-state index >= 15 is 0 Å². The lowest BCUT2D eigenvalue weighted by atomic mass is 10.1. The fourth-order valence-electron chi connectivity index (χ4n) is 2.71. The summed E-state index contributed by atoms with van der Waals surface area (Å²) in [5.41, 5.74) is 1.44. The zero-order chi connectivity index (χ0) is 15.4. The number of aryl methyl sites for hydroxylation is 1. The quantitative estimate of drug-likeness (QED) is 0.873. The molecule has 1 atom stereocenters. The van der Waals surface area contributed by atoms with Crippen molar-refractivity contribution in [2.24, 2.45) is 0 Å². The Balaban J connectivity index is 1.68. The Morgan fingerprint density at radius 3 is 2.86 bits per heavy atom. The van der Waals surface area contributed by atoms with Crippen LogP contribution in [0.1, 0.15) is 28.9 Å². The number of aromatic nitrogens is 2. The largest absolute Gasteiger partial charge is 0.488 e. The Labute approximate surface area is 130 Å². The molecule has 1 unspecified atom stereocenters. The minimum atomic E-state index is 0.0251. The van der Waals surface area contributed by atoms with E-state index in [-0.39, 0.29) is 12.0 Å². The molecule has 3 heterocycles. The molecule has 0 bridgehead atoms. The van der Waals surface area contributed by atoms with E-state index in [0.717, 1.165) is 30.8 Å². The SMILES string of the molecule is Cc1ncccc1C(=O)N1CCCC(Oc2ccncc2)C1. The molecule has 22 heavy (non-hydrogen) atoms. The van der Waals surface area contributed by atoms with Crippen molar-refractivity contribution >= 4 is 5.91 Å². The molecule has 0 radical (unpaired) electrons. The van der Waals surface area contributed by atoms with Gasteiger partial charge in [-0.05, 0) is 44.0 Å². The van der Waals surface area contributed by atoms with Crippen molar-refractivity contribution in [3.05, 3.63) is 54.1 Å². The van der Waals surface area contributed by atoms with E-state index in [1.54, 1.807) is 24.7 Å². The zero-order valence-electron chi connectivity index (χ0n) is 12.6. The lowest BCUT2D eigenvalue weighted by Crippen LogP contribution is -2.44. The number of pyridine rings is 2. The van der Waals surface area contributed by atoms with Gasteiger partial charge in [0.05, 0.1) is 12.1 Å². The summed E-state index contributed by atoms with van der Waals surface area (Å²) < 4.78 is 5.95. The van der Waals surface area contributed by atoms with Gasteiger partial charge in [-0.2, -0.15) is 0 Å². The van der Waals surface area contributed by atoms with Crippen LogP contribution in [-0.4, -0.2) is 40.0 Å². The Bertz CT molecular complexity index is 645. The van der Waals surface area contributed by atoms with E-state index in [4.69, 9.17) is 4.74 Å². The fourth-order valence-corrected chi connectivity index (χ4v) is 2.71. The van der Waals surface area contributed by atoms with Gasteiger partial charge in [0, 0.05) is 30.8 Å². The lowest BCUT2D eigenvalue weighted by Gasteiger charge is -2.33. The van der Waals surface area contributed by atoms with Crippen molar-refractivity contribution in [1.29, 1.82) is 0 Å². The molecule has 0 spiro atoms. The van der Waals surface area contributed by atoms with Gasteiger partial charge in [-0.15, -0.1) is 0 Å². The summed E-state index contributed by atoms with van der Waals surface area (Å²) in [4.78, 5) is 22.7. The van der Waals surface area contributed by atoms with Gasteiger partial charge in [0.25, 0.3) is 5.91 Å². The third kappa shape index (κ3) is 3.24. The number of rotatable bonds is 3. The summed E-state index contributed by atoms with van der Waals surface area (Å²) in [5, 5.41) is 0. The summed E-state index contributed by atoms with van der Waals surface area (Å²) >= 11 is 0. The van der Waals surface area contributed by atoms with Gasteiger partial charge >= 0.3 is 0 Å². The molecule has 1 aliphatic rings. The molecule has 114 valence electrons. The molecule has 1 aliphatic heterocycles. The van der Waals surface area contributed by atoms with Gasteiger partial charge in [-0.3, -0.25) is 14.8 Å². The number of carbonyl (C=O) groups excluding carboxylic acids is 1. The second-order valence-corrected chi connectivity index (χ2v) is 5.45. The summed E-state index contributed by atoms with van der Waals surface area (Å²) in [6.45, 7) is 3.24. The number of likely N-dealkylation sites (tertiary alicyclic amines) is 1. The van der Waals surface area contributed by atoms with Crippen LogP contribution >= 0.6 is 0 Å². The topological polar surface area (TPSA) is 55.3 Å². The molecule has 5 heteroatoms. The van der Waals surface area contributed by atoms with Crippen molar-refractivity contribution in [1.82, 2.24) is 14.9 Å². The third-order valence-electron chi connectivity index (χ3n) is 3.86. The van der Waals surface area contributed by atoms with Crippen LogP contribution in [-0.2, 0) is 0 Å². The second-order valence-electron chi connectivity index (χ2n) is 5.45. The van der Waals surface area contributed by atoms with E-state index in [1.165, 1.54) is 0 Å². The molecule has 1 amide bonds. The summed E-state index contributed by atoms with van der Waals surface area (Å²) in [6.07, 6.45) is 7.05. The van der Waals surface area contributed by atoms with E-state index in [1.807, 2.05) is 30.0 Å². The van der Waals surface area contributed by atoms with E-state index in [0.29, 0.717) is 12.1 Å². The molecule has 1 saturated heterocycles. The fraction of sp³-hybridized carbons (Fsp3) is 0.353. The average Bonchev–Trinajstić information content (AvgIpc) is 2.56. The number of hydrogen-bond acceptors (Lipinski definition) is 4. The van der Waals surface area contributed by atoms with Gasteiger partial charge in [0.1, 0.15) is 11.9 Å². The summed E-state index contributed by atoms with van der Waals surface area (Å²) in [7, 11) is 0. The predicted octanol–water partition coefficient (Wildman–Crippen LogP) is 2.47. The van der Waals surface area contributed by atoms with Crippen molar-refractivity contribution in [3.8, 4) is 5.75 Å². The highest BCUT2D eigenvalue weighted by molar-refractivity contribution is 5.95. The van der Waals surface area contributed by atoms with Gasteiger partial charge in [-0.1, -0.05) is 0 Å². The standard InChI is InChI=1S/C17H19N3O2/c1-13-16(5-2-8-19-13)17(21)20-11-3-4-15(12-20)22-14-6-9-18-10-7-14/h2,5-10,15H,3-4,11-12H2,1H3. The number of ether oxygens (including phenoxy) is 1. The van der Waals surface area contributed by atoms with Crippen molar-refractivity contribution < 1.29 is 9.53 Å². The van der Waals surface area contributed by atoms with Crippen LogP contribution in [0, 0.1) is 6.92 Å². The predicted molar refractivity (Wildman–Crippen MR) is 82.8 cm³/mol. The molecule has 1 fully saturated rings. The van der Waals surface area contributed by atoms with Crippen LogP contribution in [0.2, 0.25) is 0 Å².